The number of halogens is 1. The summed E-state index contributed by atoms with van der Waals surface area (Å²) in [4.78, 5) is 2.54. The molecule has 1 saturated heterocycles. The summed E-state index contributed by atoms with van der Waals surface area (Å²) in [5.74, 6) is 0.676. The third kappa shape index (κ3) is 3.74. The largest absolute Gasteiger partial charge is 0.488 e. The molecule has 2 aliphatic heterocycles. The van der Waals surface area contributed by atoms with Crippen molar-refractivity contribution in [1.82, 2.24) is 10.2 Å². The average molecular weight is 292 g/mol. The van der Waals surface area contributed by atoms with Crippen molar-refractivity contribution in [2.75, 3.05) is 26.2 Å². The van der Waals surface area contributed by atoms with Crippen molar-refractivity contribution in [3.05, 3.63) is 29.6 Å². The van der Waals surface area contributed by atoms with Gasteiger partial charge in [0.15, 0.2) is 0 Å². The summed E-state index contributed by atoms with van der Waals surface area (Å²) < 4.78 is 19.1. The minimum atomic E-state index is -0.172. The van der Waals surface area contributed by atoms with Crippen LogP contribution in [0.15, 0.2) is 18.2 Å². The van der Waals surface area contributed by atoms with Gasteiger partial charge in [-0.05, 0) is 57.1 Å². The maximum absolute atomic E-state index is 13.2. The summed E-state index contributed by atoms with van der Waals surface area (Å²) in [5.41, 5.74) is 1.000. The molecule has 1 fully saturated rings. The summed E-state index contributed by atoms with van der Waals surface area (Å²) in [7, 11) is 0. The van der Waals surface area contributed by atoms with Gasteiger partial charge in [0, 0.05) is 24.6 Å². The molecule has 0 bridgehead atoms. The maximum atomic E-state index is 13.2. The van der Waals surface area contributed by atoms with Crippen molar-refractivity contribution in [2.24, 2.45) is 0 Å². The van der Waals surface area contributed by atoms with Crippen LogP contribution in [0.1, 0.15) is 31.7 Å². The molecular weight excluding hydrogens is 267 g/mol. The van der Waals surface area contributed by atoms with Crippen molar-refractivity contribution < 1.29 is 9.13 Å². The van der Waals surface area contributed by atoms with Crippen molar-refractivity contribution in [1.29, 1.82) is 0 Å². The van der Waals surface area contributed by atoms with Gasteiger partial charge in [-0.1, -0.05) is 6.92 Å². The summed E-state index contributed by atoms with van der Waals surface area (Å²) in [6.07, 6.45) is 4.63. The minimum absolute atomic E-state index is 0.149. The van der Waals surface area contributed by atoms with E-state index in [9.17, 15) is 4.39 Å². The van der Waals surface area contributed by atoms with Gasteiger partial charge in [0.1, 0.15) is 17.7 Å². The predicted molar refractivity (Wildman–Crippen MR) is 82.3 cm³/mol. The second kappa shape index (κ2) is 6.75. The number of piperidine rings is 1. The Balaban J connectivity index is 1.41. The molecule has 0 aliphatic carbocycles. The zero-order valence-corrected chi connectivity index (χ0v) is 12.8. The predicted octanol–water partition coefficient (Wildman–Crippen LogP) is 2.59. The van der Waals surface area contributed by atoms with Crippen molar-refractivity contribution >= 4 is 0 Å². The molecule has 1 aromatic carbocycles. The van der Waals surface area contributed by atoms with Gasteiger partial charge < -0.3 is 15.0 Å². The van der Waals surface area contributed by atoms with Crippen LogP contribution < -0.4 is 10.1 Å². The molecule has 0 amide bonds. The molecule has 4 heteroatoms. The summed E-state index contributed by atoms with van der Waals surface area (Å²) in [5, 5.41) is 3.63. The molecular formula is C17H25FN2O. The van der Waals surface area contributed by atoms with Gasteiger partial charge in [0.25, 0.3) is 0 Å². The Hall–Kier alpha value is -1.13. The van der Waals surface area contributed by atoms with E-state index < -0.39 is 0 Å². The lowest BCUT2D eigenvalue weighted by Gasteiger charge is -2.32. The molecule has 3 rings (SSSR count). The number of likely N-dealkylation sites (tertiary alicyclic amines) is 1. The van der Waals surface area contributed by atoms with E-state index in [1.165, 1.54) is 45.0 Å². The SMILES string of the molecule is CCCN1CCC(NCC2Cc3cc(F)ccc3O2)CC1. The average Bonchev–Trinajstić information content (AvgIpc) is 2.89. The summed E-state index contributed by atoms with van der Waals surface area (Å²) >= 11 is 0. The molecule has 0 saturated carbocycles. The molecule has 2 heterocycles. The van der Waals surface area contributed by atoms with Gasteiger partial charge in [-0.3, -0.25) is 0 Å². The molecule has 3 nitrogen and oxygen atoms in total. The second-order valence-electron chi connectivity index (χ2n) is 6.22. The number of hydrogen-bond donors (Lipinski definition) is 1. The first kappa shape index (κ1) is 14.8. The first-order valence-electron chi connectivity index (χ1n) is 8.15. The van der Waals surface area contributed by atoms with Crippen LogP contribution in [0.4, 0.5) is 4.39 Å². The van der Waals surface area contributed by atoms with E-state index >= 15 is 0 Å². The number of rotatable bonds is 5. The second-order valence-corrected chi connectivity index (χ2v) is 6.22. The topological polar surface area (TPSA) is 24.5 Å². The highest BCUT2D eigenvalue weighted by molar-refractivity contribution is 5.37. The number of benzene rings is 1. The zero-order chi connectivity index (χ0) is 14.7. The minimum Gasteiger partial charge on any atom is -0.488 e. The fourth-order valence-corrected chi connectivity index (χ4v) is 3.38. The molecule has 1 atom stereocenters. The zero-order valence-electron chi connectivity index (χ0n) is 12.8. The number of nitrogens with one attached hydrogen (secondary N) is 1. The Kier molecular flexibility index (Phi) is 4.76. The number of nitrogens with zero attached hydrogens (tertiary/aromatic N) is 1. The van der Waals surface area contributed by atoms with Gasteiger partial charge in [-0.25, -0.2) is 4.39 Å². The first-order chi connectivity index (χ1) is 10.2. The fraction of sp³-hybridized carbons (Fsp3) is 0.647. The summed E-state index contributed by atoms with van der Waals surface area (Å²) in [6.45, 7) is 6.71. The standard InChI is InChI=1S/C17H25FN2O/c1-2-7-20-8-5-15(6-9-20)19-12-16-11-13-10-14(18)3-4-17(13)21-16/h3-4,10,15-16,19H,2,5-9,11-12H2,1H3. The molecule has 0 aromatic heterocycles. The summed E-state index contributed by atoms with van der Waals surface area (Å²) in [6, 6.07) is 5.41. The third-order valence-corrected chi connectivity index (χ3v) is 4.53. The number of fused-ring (bicyclic) bond motifs is 1. The van der Waals surface area contributed by atoms with Crippen LogP contribution in [0.3, 0.4) is 0 Å². The van der Waals surface area contributed by atoms with Crippen LogP contribution in [-0.4, -0.2) is 43.2 Å². The Morgan fingerprint density at radius 1 is 1.33 bits per heavy atom. The molecule has 21 heavy (non-hydrogen) atoms. The van der Waals surface area contributed by atoms with Crippen molar-refractivity contribution in [2.45, 2.75) is 44.8 Å². The van der Waals surface area contributed by atoms with E-state index in [-0.39, 0.29) is 11.9 Å². The van der Waals surface area contributed by atoms with E-state index in [0.29, 0.717) is 6.04 Å². The Labute approximate surface area is 126 Å². The monoisotopic (exact) mass is 292 g/mol. The van der Waals surface area contributed by atoms with Gasteiger partial charge >= 0.3 is 0 Å². The molecule has 1 N–H and O–H groups in total. The van der Waals surface area contributed by atoms with Crippen LogP contribution in [0.25, 0.3) is 0 Å². The fourth-order valence-electron chi connectivity index (χ4n) is 3.38. The lowest BCUT2D eigenvalue weighted by atomic mass is 10.0. The van der Waals surface area contributed by atoms with E-state index in [4.69, 9.17) is 4.74 Å². The molecule has 0 spiro atoms. The molecule has 1 unspecified atom stereocenters. The van der Waals surface area contributed by atoms with Crippen LogP contribution in [-0.2, 0) is 6.42 Å². The van der Waals surface area contributed by atoms with Crippen molar-refractivity contribution in [3.63, 3.8) is 0 Å². The Bertz CT molecular complexity index is 472. The lowest BCUT2D eigenvalue weighted by Crippen LogP contribution is -2.45. The van der Waals surface area contributed by atoms with Gasteiger partial charge in [-0.15, -0.1) is 0 Å². The van der Waals surface area contributed by atoms with E-state index in [2.05, 4.69) is 17.1 Å². The van der Waals surface area contributed by atoms with Gasteiger partial charge in [0.05, 0.1) is 0 Å². The van der Waals surface area contributed by atoms with Gasteiger partial charge in [0.2, 0.25) is 0 Å². The third-order valence-electron chi connectivity index (χ3n) is 4.53. The quantitative estimate of drug-likeness (QED) is 0.903. The van der Waals surface area contributed by atoms with Gasteiger partial charge in [-0.2, -0.15) is 0 Å². The van der Waals surface area contributed by atoms with E-state index in [1.54, 1.807) is 12.1 Å². The van der Waals surface area contributed by atoms with Crippen LogP contribution in [0.2, 0.25) is 0 Å². The number of ether oxygens (including phenoxy) is 1. The van der Waals surface area contributed by atoms with E-state index in [1.807, 2.05) is 0 Å². The van der Waals surface area contributed by atoms with Crippen LogP contribution >= 0.6 is 0 Å². The molecule has 0 radical (unpaired) electrons. The van der Waals surface area contributed by atoms with E-state index in [0.717, 1.165) is 24.3 Å². The molecule has 2 aliphatic rings. The highest BCUT2D eigenvalue weighted by Gasteiger charge is 2.25. The van der Waals surface area contributed by atoms with Crippen LogP contribution in [0, 0.1) is 5.82 Å². The smallest absolute Gasteiger partial charge is 0.123 e. The molecule has 116 valence electrons. The molecule has 1 aromatic rings. The normalized spacial score (nSPS) is 23.0. The Morgan fingerprint density at radius 2 is 2.14 bits per heavy atom. The Morgan fingerprint density at radius 3 is 2.90 bits per heavy atom. The number of hydrogen-bond acceptors (Lipinski definition) is 3. The van der Waals surface area contributed by atoms with Crippen molar-refractivity contribution in [3.8, 4) is 5.75 Å². The van der Waals surface area contributed by atoms with Crippen LogP contribution in [0.5, 0.6) is 5.75 Å². The maximum Gasteiger partial charge on any atom is 0.123 e. The lowest BCUT2D eigenvalue weighted by molar-refractivity contribution is 0.177. The highest BCUT2D eigenvalue weighted by atomic mass is 19.1. The highest BCUT2D eigenvalue weighted by Crippen LogP contribution is 2.29. The first-order valence-corrected chi connectivity index (χ1v) is 8.15.